The number of thiophene rings is 1. The van der Waals surface area contributed by atoms with Crippen LogP contribution < -0.4 is 5.32 Å². The quantitative estimate of drug-likeness (QED) is 0.443. The molecule has 6 nitrogen and oxygen atoms in total. The van der Waals surface area contributed by atoms with Gasteiger partial charge in [0.2, 0.25) is 5.78 Å². The van der Waals surface area contributed by atoms with Crippen molar-refractivity contribution in [3.8, 4) is 0 Å². The minimum absolute atomic E-state index is 0.0803. The lowest BCUT2D eigenvalue weighted by Gasteiger charge is -2.15. The lowest BCUT2D eigenvalue weighted by molar-refractivity contribution is 0.104. The van der Waals surface area contributed by atoms with Crippen LogP contribution in [-0.4, -0.2) is 37.6 Å². The molecule has 1 aliphatic rings. The van der Waals surface area contributed by atoms with Crippen LogP contribution in [0.3, 0.4) is 0 Å². The number of benzene rings is 1. The van der Waals surface area contributed by atoms with Crippen LogP contribution in [0, 0.1) is 5.92 Å². The molecule has 1 aromatic carbocycles. The third-order valence-electron chi connectivity index (χ3n) is 6.05. The maximum atomic E-state index is 13.2. The molecule has 0 amide bonds. The van der Waals surface area contributed by atoms with E-state index in [9.17, 15) is 9.90 Å². The van der Waals surface area contributed by atoms with Crippen molar-refractivity contribution in [1.29, 1.82) is 0 Å². The Morgan fingerprint density at radius 1 is 1.29 bits per heavy atom. The zero-order chi connectivity index (χ0) is 21.4. The Morgan fingerprint density at radius 3 is 3.00 bits per heavy atom. The third kappa shape index (κ3) is 3.98. The van der Waals surface area contributed by atoms with Crippen LogP contribution in [0.1, 0.15) is 40.6 Å². The predicted octanol–water partition coefficient (Wildman–Crippen LogP) is 4.34. The van der Waals surface area contributed by atoms with Gasteiger partial charge < -0.3 is 15.0 Å². The monoisotopic (exact) mass is 432 g/mol. The number of nitrogens with one attached hydrogen (secondary N) is 1. The topological polar surface area (TPSA) is 80.0 Å². The first-order valence-corrected chi connectivity index (χ1v) is 11.4. The summed E-state index contributed by atoms with van der Waals surface area (Å²) in [6.45, 7) is 2.76. The fraction of sp³-hybridized carbons (Fsp3) is 0.292. The molecule has 1 fully saturated rings. The number of carbonyl (C=O) groups is 1. The van der Waals surface area contributed by atoms with E-state index in [1.165, 1.54) is 28.6 Å². The third-order valence-corrected chi connectivity index (χ3v) is 7.03. The Labute approximate surface area is 184 Å². The van der Waals surface area contributed by atoms with E-state index in [-0.39, 0.29) is 23.8 Å². The van der Waals surface area contributed by atoms with Crippen LogP contribution in [0.2, 0.25) is 0 Å². The van der Waals surface area contributed by atoms with Crippen molar-refractivity contribution < 1.29 is 9.90 Å². The molecule has 5 rings (SSSR count). The second-order valence-electron chi connectivity index (χ2n) is 8.29. The van der Waals surface area contributed by atoms with Crippen LogP contribution in [0.4, 0.5) is 5.82 Å². The molecule has 7 heteroatoms. The van der Waals surface area contributed by atoms with Crippen molar-refractivity contribution in [2.45, 2.75) is 38.5 Å². The molecule has 3 atom stereocenters. The number of hydrogen-bond donors (Lipinski definition) is 2. The van der Waals surface area contributed by atoms with Gasteiger partial charge in [0.25, 0.3) is 0 Å². The van der Waals surface area contributed by atoms with Gasteiger partial charge in [0.05, 0.1) is 16.5 Å². The van der Waals surface area contributed by atoms with E-state index in [4.69, 9.17) is 0 Å². The normalized spacial score (nSPS) is 20.9. The first kappa shape index (κ1) is 19.9. The van der Waals surface area contributed by atoms with Gasteiger partial charge in [0, 0.05) is 30.5 Å². The second kappa shape index (κ2) is 8.24. The fourth-order valence-electron chi connectivity index (χ4n) is 4.33. The lowest BCUT2D eigenvalue weighted by Crippen LogP contribution is -2.20. The van der Waals surface area contributed by atoms with Gasteiger partial charge in [0.1, 0.15) is 12.1 Å². The highest BCUT2D eigenvalue weighted by Crippen LogP contribution is 2.29. The molecule has 31 heavy (non-hydrogen) atoms. The summed E-state index contributed by atoms with van der Waals surface area (Å²) in [5.74, 6) is 0.698. The van der Waals surface area contributed by atoms with E-state index in [0.717, 1.165) is 12.0 Å². The van der Waals surface area contributed by atoms with E-state index in [1.54, 1.807) is 6.20 Å². The molecule has 0 spiro atoms. The van der Waals surface area contributed by atoms with Gasteiger partial charge in [-0.1, -0.05) is 25.1 Å². The Bertz CT molecular complexity index is 1220. The Kier molecular flexibility index (Phi) is 5.29. The highest BCUT2D eigenvalue weighted by Gasteiger charge is 2.30. The summed E-state index contributed by atoms with van der Waals surface area (Å²) in [5, 5.41) is 16.6. The van der Waals surface area contributed by atoms with Gasteiger partial charge in [-0.05, 0) is 53.3 Å². The summed E-state index contributed by atoms with van der Waals surface area (Å²) in [5.41, 5.74) is 2.74. The molecule has 0 aliphatic heterocycles. The number of ketones is 1. The number of aliphatic hydroxyl groups excluding tert-OH is 1. The Balaban J connectivity index is 1.35. The summed E-state index contributed by atoms with van der Waals surface area (Å²) in [7, 11) is 0. The maximum Gasteiger partial charge on any atom is 0.208 e. The highest BCUT2D eigenvalue weighted by molar-refractivity contribution is 7.12. The Hall–Kier alpha value is -3.03. The van der Waals surface area contributed by atoms with Crippen LogP contribution in [-0.2, 0) is 6.54 Å². The van der Waals surface area contributed by atoms with E-state index in [2.05, 4.69) is 44.2 Å². The number of aliphatic hydroxyl groups is 1. The fourth-order valence-corrected chi connectivity index (χ4v) is 5.19. The van der Waals surface area contributed by atoms with Gasteiger partial charge >= 0.3 is 0 Å². The van der Waals surface area contributed by atoms with Gasteiger partial charge in [-0.25, -0.2) is 9.97 Å². The number of rotatable bonds is 6. The van der Waals surface area contributed by atoms with Gasteiger partial charge in [-0.2, -0.15) is 0 Å². The standard InChI is InChI=1S/C24H24N4O2S/c1-15-8-18(10-21(15)29)27-24-19(11-25-14-26-24)23(30)22-9-16(13-31-22)12-28-7-6-17-4-2-3-5-20(17)28/h2-7,9,11,13-15,18,21,29H,8,10,12H2,1H3,(H,25,26,27)/t15-,18-,21+/m1/s1. The van der Waals surface area contributed by atoms with Gasteiger partial charge in [-0.3, -0.25) is 4.79 Å². The average molecular weight is 433 g/mol. The van der Waals surface area contributed by atoms with Crippen LogP contribution in [0.5, 0.6) is 0 Å². The van der Waals surface area contributed by atoms with Crippen molar-refractivity contribution in [1.82, 2.24) is 14.5 Å². The summed E-state index contributed by atoms with van der Waals surface area (Å²) < 4.78 is 2.19. The maximum absolute atomic E-state index is 13.2. The van der Waals surface area contributed by atoms with Crippen molar-refractivity contribution in [3.63, 3.8) is 0 Å². The number of aromatic nitrogens is 3. The molecular weight excluding hydrogens is 408 g/mol. The summed E-state index contributed by atoms with van der Waals surface area (Å²) >= 11 is 1.45. The molecule has 0 unspecified atom stereocenters. The van der Waals surface area contributed by atoms with E-state index < -0.39 is 0 Å². The number of carbonyl (C=O) groups excluding carboxylic acids is 1. The first-order valence-electron chi connectivity index (χ1n) is 10.5. The second-order valence-corrected chi connectivity index (χ2v) is 9.20. The number of para-hydroxylation sites is 1. The van der Waals surface area contributed by atoms with Gasteiger partial charge in [0.15, 0.2) is 0 Å². The molecule has 4 aromatic rings. The minimum atomic E-state index is -0.317. The zero-order valence-electron chi connectivity index (χ0n) is 17.2. The highest BCUT2D eigenvalue weighted by atomic mass is 32.1. The number of fused-ring (bicyclic) bond motifs is 1. The van der Waals surface area contributed by atoms with Crippen LogP contribution in [0.25, 0.3) is 10.9 Å². The van der Waals surface area contributed by atoms with E-state index >= 15 is 0 Å². The molecule has 1 saturated carbocycles. The predicted molar refractivity (Wildman–Crippen MR) is 123 cm³/mol. The molecule has 3 heterocycles. The number of hydrogen-bond acceptors (Lipinski definition) is 6. The van der Waals surface area contributed by atoms with Crippen LogP contribution in [0.15, 0.2) is 60.5 Å². The van der Waals surface area contributed by atoms with E-state index in [1.807, 2.05) is 30.5 Å². The lowest BCUT2D eigenvalue weighted by atomic mass is 10.1. The minimum Gasteiger partial charge on any atom is -0.393 e. The van der Waals surface area contributed by atoms with E-state index in [0.29, 0.717) is 29.2 Å². The largest absolute Gasteiger partial charge is 0.393 e. The summed E-state index contributed by atoms with van der Waals surface area (Å²) in [6, 6.07) is 12.4. The SMILES string of the molecule is C[C@@H]1C[C@@H](Nc2ncncc2C(=O)c2cc(Cn3ccc4ccccc43)cs2)C[C@@H]1O. The molecule has 0 bridgehead atoms. The molecule has 1 aliphatic carbocycles. The number of anilines is 1. The summed E-state index contributed by atoms with van der Waals surface area (Å²) in [4.78, 5) is 22.3. The Morgan fingerprint density at radius 2 is 2.16 bits per heavy atom. The van der Waals surface area contributed by atoms with Crippen molar-refractivity contribution >= 4 is 33.8 Å². The van der Waals surface area contributed by atoms with Crippen molar-refractivity contribution in [3.05, 3.63) is 76.5 Å². The zero-order valence-corrected chi connectivity index (χ0v) is 18.0. The van der Waals surface area contributed by atoms with Crippen molar-refractivity contribution in [2.75, 3.05) is 5.32 Å². The van der Waals surface area contributed by atoms with Gasteiger partial charge in [-0.15, -0.1) is 11.3 Å². The summed E-state index contributed by atoms with van der Waals surface area (Å²) in [6.07, 6.45) is 6.30. The number of nitrogens with zero attached hydrogens (tertiary/aromatic N) is 3. The molecule has 3 aromatic heterocycles. The molecule has 0 saturated heterocycles. The molecule has 158 valence electrons. The molecule has 2 N–H and O–H groups in total. The smallest absolute Gasteiger partial charge is 0.208 e. The van der Waals surface area contributed by atoms with Crippen LogP contribution >= 0.6 is 11.3 Å². The average Bonchev–Trinajstić information content (AvgIpc) is 3.48. The van der Waals surface area contributed by atoms with Crippen molar-refractivity contribution in [2.24, 2.45) is 5.92 Å². The first-order chi connectivity index (χ1) is 15.1. The molecule has 0 radical (unpaired) electrons. The molecular formula is C24H24N4O2S.